The molecule has 0 spiro atoms. The van der Waals surface area contributed by atoms with Gasteiger partial charge in [-0.05, 0) is 17.7 Å². The maximum Gasteiger partial charge on any atom is 0.0991 e. The Bertz CT molecular complexity index is 377. The van der Waals surface area contributed by atoms with E-state index in [1.165, 1.54) is 5.56 Å². The first-order valence-corrected chi connectivity index (χ1v) is 5.14. The van der Waals surface area contributed by atoms with E-state index >= 15 is 0 Å². The molecule has 3 nitrogen and oxygen atoms in total. The molecule has 1 heterocycles. The number of benzene rings is 1. The third-order valence-corrected chi connectivity index (χ3v) is 2.75. The fourth-order valence-corrected chi connectivity index (χ4v) is 1.92. The Labute approximate surface area is 89.6 Å². The normalized spacial score (nSPS) is 17.1. The highest BCUT2D eigenvalue weighted by Crippen LogP contribution is 2.18. The minimum absolute atomic E-state index is 0.286. The molecule has 0 aromatic heterocycles. The summed E-state index contributed by atoms with van der Waals surface area (Å²) in [5.41, 5.74) is 1.89. The van der Waals surface area contributed by atoms with Gasteiger partial charge >= 0.3 is 0 Å². The predicted octanol–water partition coefficient (Wildman–Crippen LogP) is 0.982. The molecule has 0 radical (unpaired) electrons. The third kappa shape index (κ3) is 2.35. The average Bonchev–Trinajstić information content (AvgIpc) is 2.23. The Kier molecular flexibility index (Phi) is 3.00. The number of nitriles is 1. The van der Waals surface area contributed by atoms with Gasteiger partial charge in [0, 0.05) is 32.2 Å². The zero-order valence-electron chi connectivity index (χ0n) is 8.56. The Morgan fingerprint density at radius 1 is 1.47 bits per heavy atom. The van der Waals surface area contributed by atoms with Crippen molar-refractivity contribution in [2.75, 3.05) is 19.7 Å². The van der Waals surface area contributed by atoms with E-state index in [0.29, 0.717) is 11.5 Å². The molecule has 15 heavy (non-hydrogen) atoms. The smallest absolute Gasteiger partial charge is 0.0991 e. The second-order valence-corrected chi connectivity index (χ2v) is 4.05. The summed E-state index contributed by atoms with van der Waals surface area (Å²) < 4.78 is 0. The largest absolute Gasteiger partial charge is 0.396 e. The van der Waals surface area contributed by atoms with Crippen LogP contribution in [0.5, 0.6) is 0 Å². The van der Waals surface area contributed by atoms with Crippen LogP contribution in [0.3, 0.4) is 0 Å². The molecule has 3 heteroatoms. The summed E-state index contributed by atoms with van der Waals surface area (Å²) >= 11 is 0. The molecule has 0 amide bonds. The molecule has 1 aliphatic rings. The van der Waals surface area contributed by atoms with Crippen molar-refractivity contribution in [2.24, 2.45) is 5.92 Å². The number of aliphatic hydroxyl groups excluding tert-OH is 1. The van der Waals surface area contributed by atoms with E-state index in [0.717, 1.165) is 19.6 Å². The number of hydrogen-bond acceptors (Lipinski definition) is 3. The minimum Gasteiger partial charge on any atom is -0.396 e. The van der Waals surface area contributed by atoms with E-state index in [2.05, 4.69) is 11.0 Å². The summed E-state index contributed by atoms with van der Waals surface area (Å²) in [5.74, 6) is 0.448. The fraction of sp³-hybridized carbons (Fsp3) is 0.417. The first kappa shape index (κ1) is 10.2. The quantitative estimate of drug-likeness (QED) is 0.795. The molecular weight excluding hydrogens is 188 g/mol. The van der Waals surface area contributed by atoms with Crippen LogP contribution in [-0.4, -0.2) is 29.7 Å². The lowest BCUT2D eigenvalue weighted by atomic mass is 10.00. The zero-order chi connectivity index (χ0) is 10.7. The molecule has 78 valence electrons. The number of rotatable bonds is 3. The Morgan fingerprint density at radius 2 is 2.27 bits per heavy atom. The average molecular weight is 202 g/mol. The third-order valence-electron chi connectivity index (χ3n) is 2.75. The molecule has 1 aromatic carbocycles. The first-order chi connectivity index (χ1) is 7.31. The molecule has 0 aliphatic carbocycles. The van der Waals surface area contributed by atoms with Gasteiger partial charge in [0.1, 0.15) is 0 Å². The number of aliphatic hydroxyl groups is 1. The summed E-state index contributed by atoms with van der Waals surface area (Å²) in [6.07, 6.45) is 0. The van der Waals surface area contributed by atoms with E-state index in [4.69, 9.17) is 10.4 Å². The molecule has 0 bridgehead atoms. The van der Waals surface area contributed by atoms with Crippen molar-refractivity contribution < 1.29 is 5.11 Å². The lowest BCUT2D eigenvalue weighted by Crippen LogP contribution is -2.47. The van der Waals surface area contributed by atoms with E-state index in [1.54, 1.807) is 0 Å². The summed E-state index contributed by atoms with van der Waals surface area (Å²) in [5, 5.41) is 17.6. The van der Waals surface area contributed by atoms with Crippen LogP contribution in [0.2, 0.25) is 0 Å². The molecule has 2 rings (SSSR count). The van der Waals surface area contributed by atoms with Crippen molar-refractivity contribution >= 4 is 0 Å². The molecule has 1 aromatic rings. The summed E-state index contributed by atoms with van der Waals surface area (Å²) in [6, 6.07) is 9.83. The molecule has 0 saturated carbocycles. The highest BCUT2D eigenvalue weighted by molar-refractivity contribution is 5.32. The van der Waals surface area contributed by atoms with Crippen LogP contribution < -0.4 is 0 Å². The molecule has 1 saturated heterocycles. The summed E-state index contributed by atoms with van der Waals surface area (Å²) in [7, 11) is 0. The van der Waals surface area contributed by atoms with Gasteiger partial charge in [-0.3, -0.25) is 4.90 Å². The second-order valence-electron chi connectivity index (χ2n) is 4.05. The summed E-state index contributed by atoms with van der Waals surface area (Å²) in [4.78, 5) is 2.28. The van der Waals surface area contributed by atoms with E-state index in [9.17, 15) is 0 Å². The van der Waals surface area contributed by atoms with Crippen molar-refractivity contribution in [1.29, 1.82) is 5.26 Å². The summed E-state index contributed by atoms with van der Waals surface area (Å²) in [6.45, 7) is 3.10. The number of nitrogens with zero attached hydrogens (tertiary/aromatic N) is 2. The van der Waals surface area contributed by atoms with Gasteiger partial charge in [-0.2, -0.15) is 5.26 Å². The molecular formula is C12H14N2O. The van der Waals surface area contributed by atoms with Crippen LogP contribution >= 0.6 is 0 Å². The number of hydrogen-bond donors (Lipinski definition) is 1. The lowest BCUT2D eigenvalue weighted by molar-refractivity contribution is 0.0479. The van der Waals surface area contributed by atoms with Gasteiger partial charge in [0.05, 0.1) is 11.6 Å². The molecule has 1 aliphatic heterocycles. The SMILES string of the molecule is N#Cc1cccc(CN2CC(CO)C2)c1. The van der Waals surface area contributed by atoms with Crippen LogP contribution in [-0.2, 0) is 6.54 Å². The van der Waals surface area contributed by atoms with Crippen molar-refractivity contribution in [3.63, 3.8) is 0 Å². The van der Waals surface area contributed by atoms with E-state index in [-0.39, 0.29) is 6.61 Å². The molecule has 0 unspecified atom stereocenters. The van der Waals surface area contributed by atoms with Crippen LogP contribution in [0.15, 0.2) is 24.3 Å². The van der Waals surface area contributed by atoms with Gasteiger partial charge in [0.15, 0.2) is 0 Å². The van der Waals surface area contributed by atoms with E-state index < -0.39 is 0 Å². The monoisotopic (exact) mass is 202 g/mol. The van der Waals surface area contributed by atoms with Crippen LogP contribution in [0, 0.1) is 17.2 Å². The van der Waals surface area contributed by atoms with Gasteiger partial charge in [0.2, 0.25) is 0 Å². The topological polar surface area (TPSA) is 47.3 Å². The van der Waals surface area contributed by atoms with E-state index in [1.807, 2.05) is 24.3 Å². The zero-order valence-corrected chi connectivity index (χ0v) is 8.56. The Morgan fingerprint density at radius 3 is 2.93 bits per heavy atom. The van der Waals surface area contributed by atoms with Crippen molar-refractivity contribution in [3.8, 4) is 6.07 Å². The van der Waals surface area contributed by atoms with Crippen molar-refractivity contribution in [3.05, 3.63) is 35.4 Å². The Hall–Kier alpha value is -1.37. The lowest BCUT2D eigenvalue weighted by Gasteiger charge is -2.38. The van der Waals surface area contributed by atoms with Crippen molar-refractivity contribution in [1.82, 2.24) is 4.90 Å². The number of likely N-dealkylation sites (tertiary alicyclic amines) is 1. The minimum atomic E-state index is 0.286. The highest BCUT2D eigenvalue weighted by atomic mass is 16.3. The van der Waals surface area contributed by atoms with Gasteiger partial charge < -0.3 is 5.11 Å². The molecule has 1 fully saturated rings. The second kappa shape index (κ2) is 4.43. The first-order valence-electron chi connectivity index (χ1n) is 5.14. The molecule has 0 atom stereocenters. The maximum atomic E-state index is 8.88. The highest BCUT2D eigenvalue weighted by Gasteiger charge is 2.25. The van der Waals surface area contributed by atoms with Crippen molar-refractivity contribution in [2.45, 2.75) is 6.54 Å². The van der Waals surface area contributed by atoms with Gasteiger partial charge in [-0.15, -0.1) is 0 Å². The predicted molar refractivity (Wildman–Crippen MR) is 57.0 cm³/mol. The molecule has 1 N–H and O–H groups in total. The van der Waals surface area contributed by atoms with Crippen LogP contribution in [0.4, 0.5) is 0 Å². The van der Waals surface area contributed by atoms with Crippen LogP contribution in [0.1, 0.15) is 11.1 Å². The van der Waals surface area contributed by atoms with Crippen LogP contribution in [0.25, 0.3) is 0 Å². The maximum absolute atomic E-state index is 8.88. The van der Waals surface area contributed by atoms with Gasteiger partial charge in [-0.25, -0.2) is 0 Å². The standard InChI is InChI=1S/C12H14N2O/c13-5-10-2-1-3-11(4-10)6-14-7-12(8-14)9-15/h1-4,12,15H,6-9H2. The Balaban J connectivity index is 1.92. The van der Waals surface area contributed by atoms with Gasteiger partial charge in [-0.1, -0.05) is 12.1 Å². The van der Waals surface area contributed by atoms with Gasteiger partial charge in [0.25, 0.3) is 0 Å². The fourth-order valence-electron chi connectivity index (χ4n) is 1.92.